The molecular formula is C17H15Br2N5O2S. The minimum Gasteiger partial charge on any atom is -0.486 e. The van der Waals surface area contributed by atoms with Crippen molar-refractivity contribution < 1.29 is 9.53 Å². The largest absolute Gasteiger partial charge is 0.486 e. The van der Waals surface area contributed by atoms with E-state index in [1.54, 1.807) is 12.3 Å². The van der Waals surface area contributed by atoms with Crippen LogP contribution in [0.1, 0.15) is 5.82 Å². The van der Waals surface area contributed by atoms with Gasteiger partial charge in [-0.25, -0.2) is 4.98 Å². The predicted octanol–water partition coefficient (Wildman–Crippen LogP) is 4.04. The Balaban J connectivity index is 1.51. The normalized spacial score (nSPS) is 10.6. The number of hydrogen-bond donors (Lipinski definition) is 1. The van der Waals surface area contributed by atoms with E-state index in [-0.39, 0.29) is 11.7 Å². The maximum atomic E-state index is 12.1. The monoisotopic (exact) mass is 511 g/mol. The molecule has 0 aliphatic rings. The van der Waals surface area contributed by atoms with Crippen molar-refractivity contribution in [1.82, 2.24) is 19.7 Å². The number of hydrogen-bond acceptors (Lipinski definition) is 6. The first-order valence-corrected chi connectivity index (χ1v) is 10.4. The van der Waals surface area contributed by atoms with Crippen LogP contribution in [0.5, 0.6) is 5.75 Å². The first-order valence-electron chi connectivity index (χ1n) is 7.82. The van der Waals surface area contributed by atoms with E-state index >= 15 is 0 Å². The summed E-state index contributed by atoms with van der Waals surface area (Å²) in [6.07, 6.45) is 1.63. The number of halogens is 2. The SMILES string of the molecule is Cn1c(COc2ccc(Br)cc2)nnc1SCC(=O)Nc1ccc(Br)cn1. The third-order valence-corrected chi connectivity index (χ3v) is 5.45. The molecule has 0 spiro atoms. The Bertz CT molecular complexity index is 916. The summed E-state index contributed by atoms with van der Waals surface area (Å²) in [5.74, 6) is 1.97. The zero-order valence-electron chi connectivity index (χ0n) is 14.2. The predicted molar refractivity (Wildman–Crippen MR) is 111 cm³/mol. The highest BCUT2D eigenvalue weighted by molar-refractivity contribution is 9.10. The molecule has 0 radical (unpaired) electrons. The molecule has 0 unspecified atom stereocenters. The van der Waals surface area contributed by atoms with Gasteiger partial charge in [0.1, 0.15) is 18.2 Å². The van der Waals surface area contributed by atoms with Crippen LogP contribution >= 0.6 is 43.6 Å². The van der Waals surface area contributed by atoms with Gasteiger partial charge >= 0.3 is 0 Å². The average molecular weight is 513 g/mol. The van der Waals surface area contributed by atoms with Crippen LogP contribution in [0, 0.1) is 0 Å². The Kier molecular flexibility index (Phi) is 6.86. The second-order valence-corrected chi connectivity index (χ2v) is 8.17. The molecule has 1 N–H and O–H groups in total. The fraction of sp³-hybridized carbons (Fsp3) is 0.176. The topological polar surface area (TPSA) is 81.9 Å². The maximum absolute atomic E-state index is 12.1. The number of thioether (sulfide) groups is 1. The van der Waals surface area contributed by atoms with E-state index in [0.717, 1.165) is 14.7 Å². The van der Waals surface area contributed by atoms with Crippen molar-refractivity contribution in [1.29, 1.82) is 0 Å². The van der Waals surface area contributed by atoms with Crippen LogP contribution < -0.4 is 10.1 Å². The summed E-state index contributed by atoms with van der Waals surface area (Å²) in [4.78, 5) is 16.2. The van der Waals surface area contributed by atoms with E-state index in [1.165, 1.54) is 11.8 Å². The molecule has 0 aliphatic heterocycles. The van der Waals surface area contributed by atoms with Crippen LogP contribution in [0.25, 0.3) is 0 Å². The van der Waals surface area contributed by atoms with Gasteiger partial charge in [0.2, 0.25) is 5.91 Å². The van der Waals surface area contributed by atoms with Crippen molar-refractivity contribution in [3.63, 3.8) is 0 Å². The third-order valence-electron chi connectivity index (χ3n) is 3.43. The number of aromatic nitrogens is 4. The smallest absolute Gasteiger partial charge is 0.236 e. The van der Waals surface area contributed by atoms with E-state index in [1.807, 2.05) is 41.9 Å². The van der Waals surface area contributed by atoms with Gasteiger partial charge in [-0.15, -0.1) is 10.2 Å². The highest BCUT2D eigenvalue weighted by Gasteiger charge is 2.12. The van der Waals surface area contributed by atoms with Crippen LogP contribution in [0.3, 0.4) is 0 Å². The Labute approximate surface area is 177 Å². The molecule has 2 aromatic heterocycles. The van der Waals surface area contributed by atoms with Crippen LogP contribution in [-0.2, 0) is 18.4 Å². The van der Waals surface area contributed by atoms with Gasteiger partial charge in [-0.05, 0) is 52.3 Å². The quantitative estimate of drug-likeness (QED) is 0.481. The van der Waals surface area contributed by atoms with Gasteiger partial charge < -0.3 is 14.6 Å². The molecular weight excluding hydrogens is 498 g/mol. The fourth-order valence-electron chi connectivity index (χ4n) is 2.03. The van der Waals surface area contributed by atoms with Gasteiger partial charge in [0.25, 0.3) is 0 Å². The van der Waals surface area contributed by atoms with Gasteiger partial charge in [0, 0.05) is 22.2 Å². The van der Waals surface area contributed by atoms with Crippen molar-refractivity contribution in [2.45, 2.75) is 11.8 Å². The lowest BCUT2D eigenvalue weighted by Crippen LogP contribution is -2.15. The zero-order valence-corrected chi connectivity index (χ0v) is 18.2. The number of ether oxygens (including phenoxy) is 1. The van der Waals surface area contributed by atoms with E-state index in [2.05, 4.69) is 52.4 Å². The molecule has 3 aromatic rings. The molecule has 27 heavy (non-hydrogen) atoms. The van der Waals surface area contributed by atoms with Gasteiger partial charge in [0.05, 0.1) is 5.75 Å². The summed E-state index contributed by atoms with van der Waals surface area (Å²) < 4.78 is 9.37. The summed E-state index contributed by atoms with van der Waals surface area (Å²) in [7, 11) is 1.84. The van der Waals surface area contributed by atoms with Crippen molar-refractivity contribution in [2.75, 3.05) is 11.1 Å². The van der Waals surface area contributed by atoms with Crippen LogP contribution in [0.15, 0.2) is 56.7 Å². The minimum atomic E-state index is -0.162. The number of carbonyl (C=O) groups excluding carboxylic acids is 1. The van der Waals surface area contributed by atoms with E-state index in [0.29, 0.717) is 23.4 Å². The summed E-state index contributed by atoms with van der Waals surface area (Å²) >= 11 is 7.99. The highest BCUT2D eigenvalue weighted by atomic mass is 79.9. The second kappa shape index (κ2) is 9.34. The Hall–Kier alpha value is -1.91. The van der Waals surface area contributed by atoms with Crippen molar-refractivity contribution in [3.05, 3.63) is 57.4 Å². The number of carbonyl (C=O) groups is 1. The molecule has 10 heteroatoms. The number of rotatable bonds is 7. The standard InChI is InChI=1S/C17H15Br2N5O2S/c1-24-15(9-26-13-5-2-11(18)3-6-13)22-23-17(24)27-10-16(25)21-14-7-4-12(19)8-20-14/h2-8H,9-10H2,1H3,(H,20,21,25). The summed E-state index contributed by atoms with van der Waals surface area (Å²) in [5, 5.41) is 11.6. The Morgan fingerprint density at radius 2 is 1.89 bits per heavy atom. The first kappa shape index (κ1) is 19.8. The van der Waals surface area contributed by atoms with Crippen molar-refractivity contribution >= 4 is 55.3 Å². The van der Waals surface area contributed by atoms with E-state index < -0.39 is 0 Å². The molecule has 2 heterocycles. The summed E-state index contributed by atoms with van der Waals surface area (Å²) in [6.45, 7) is 0.292. The molecule has 1 aromatic carbocycles. The van der Waals surface area contributed by atoms with Gasteiger partial charge in [-0.1, -0.05) is 27.7 Å². The van der Waals surface area contributed by atoms with Crippen LogP contribution in [0.4, 0.5) is 5.82 Å². The Morgan fingerprint density at radius 3 is 2.59 bits per heavy atom. The zero-order chi connectivity index (χ0) is 19.2. The highest BCUT2D eigenvalue weighted by Crippen LogP contribution is 2.19. The molecule has 7 nitrogen and oxygen atoms in total. The number of pyridine rings is 1. The van der Waals surface area contributed by atoms with Gasteiger partial charge in [0.15, 0.2) is 11.0 Å². The maximum Gasteiger partial charge on any atom is 0.236 e. The first-order chi connectivity index (χ1) is 13.0. The molecule has 140 valence electrons. The summed E-state index contributed by atoms with van der Waals surface area (Å²) in [6, 6.07) is 11.1. The fourth-order valence-corrected chi connectivity index (χ4v) is 3.26. The van der Waals surface area contributed by atoms with Crippen molar-refractivity contribution in [3.8, 4) is 5.75 Å². The average Bonchev–Trinajstić information content (AvgIpc) is 3.01. The lowest BCUT2D eigenvalue weighted by atomic mass is 10.3. The lowest BCUT2D eigenvalue weighted by molar-refractivity contribution is -0.113. The number of benzene rings is 1. The molecule has 0 bridgehead atoms. The molecule has 0 saturated carbocycles. The minimum absolute atomic E-state index is 0.162. The molecule has 0 fully saturated rings. The van der Waals surface area contributed by atoms with Crippen LogP contribution in [-0.4, -0.2) is 31.4 Å². The number of nitrogens with one attached hydrogen (secondary N) is 1. The van der Waals surface area contributed by atoms with Crippen LogP contribution in [0.2, 0.25) is 0 Å². The van der Waals surface area contributed by atoms with E-state index in [4.69, 9.17) is 4.74 Å². The number of amides is 1. The second-order valence-electron chi connectivity index (χ2n) is 5.40. The molecule has 0 aliphatic carbocycles. The van der Waals surface area contributed by atoms with Gasteiger partial charge in [-0.2, -0.15) is 0 Å². The van der Waals surface area contributed by atoms with Crippen molar-refractivity contribution in [2.24, 2.45) is 7.05 Å². The van der Waals surface area contributed by atoms with E-state index in [9.17, 15) is 4.79 Å². The molecule has 1 amide bonds. The molecule has 3 rings (SSSR count). The molecule has 0 saturated heterocycles. The Morgan fingerprint density at radius 1 is 1.15 bits per heavy atom. The number of anilines is 1. The third kappa shape index (κ3) is 5.78. The molecule has 0 atom stereocenters. The summed E-state index contributed by atoms with van der Waals surface area (Å²) in [5.41, 5.74) is 0. The number of nitrogens with zero attached hydrogens (tertiary/aromatic N) is 4. The lowest BCUT2D eigenvalue weighted by Gasteiger charge is -2.07. The van der Waals surface area contributed by atoms with Gasteiger partial charge in [-0.3, -0.25) is 4.79 Å².